The van der Waals surface area contributed by atoms with Crippen LogP contribution >= 0.6 is 30.8 Å². The van der Waals surface area contributed by atoms with Crippen LogP contribution in [-0.4, -0.2) is 16.2 Å². The van der Waals surface area contributed by atoms with E-state index in [1.165, 1.54) is 0 Å². The Labute approximate surface area is 47.6 Å². The predicted octanol–water partition coefficient (Wildman–Crippen LogP) is 0.426. The second-order valence-corrected chi connectivity index (χ2v) is 5.30. The summed E-state index contributed by atoms with van der Waals surface area (Å²) < 4.78 is 0. The third-order valence-corrected chi connectivity index (χ3v) is 1.86. The number of hydrogen-bond acceptors (Lipinski definition) is 4. The largest absolute Gasteiger partial charge is 0.363 e. The monoisotopic (exact) mass is 144 g/mol. The summed E-state index contributed by atoms with van der Waals surface area (Å²) in [6, 6.07) is -1.35. The summed E-state index contributed by atoms with van der Waals surface area (Å²) in [7, 11) is 0. The Bertz CT molecular complexity index is 32.5. The standard InChI is InChI=1S/CH5O2PS2/c2-1(3)4(5)6/h1-3,5-6H. The Kier molecular flexibility index (Phi) is 3.65. The summed E-state index contributed by atoms with van der Waals surface area (Å²) in [5.41, 5.74) is 0. The van der Waals surface area contributed by atoms with Crippen molar-refractivity contribution in [3.05, 3.63) is 0 Å². The molecule has 0 fully saturated rings. The third-order valence-electron chi connectivity index (χ3n) is 0.207. The molecule has 0 rings (SSSR count). The molecular formula is CH5O2PS2. The molecule has 0 spiro atoms. The van der Waals surface area contributed by atoms with Crippen LogP contribution < -0.4 is 0 Å². The lowest BCUT2D eigenvalue weighted by Crippen LogP contribution is -1.92. The van der Waals surface area contributed by atoms with Crippen molar-refractivity contribution in [1.82, 2.24) is 0 Å². The van der Waals surface area contributed by atoms with Crippen molar-refractivity contribution in [3.63, 3.8) is 0 Å². The zero-order valence-corrected chi connectivity index (χ0v) is 5.50. The van der Waals surface area contributed by atoms with Gasteiger partial charge >= 0.3 is 0 Å². The zero-order valence-electron chi connectivity index (χ0n) is 2.81. The van der Waals surface area contributed by atoms with Crippen molar-refractivity contribution in [2.75, 3.05) is 0 Å². The Hall–Kier alpha value is 1.05. The van der Waals surface area contributed by atoms with Crippen LogP contribution in [0.1, 0.15) is 0 Å². The molecule has 0 amide bonds. The van der Waals surface area contributed by atoms with Gasteiger partial charge in [-0.3, -0.25) is 0 Å². The molecule has 0 heterocycles. The minimum absolute atomic E-state index is 1.16. The summed E-state index contributed by atoms with van der Waals surface area (Å²) in [6.07, 6.45) is -1.16. The first-order valence-electron chi connectivity index (χ1n) is 1.17. The molecule has 0 aliphatic rings. The van der Waals surface area contributed by atoms with Crippen molar-refractivity contribution in [3.8, 4) is 0 Å². The van der Waals surface area contributed by atoms with Crippen molar-refractivity contribution < 1.29 is 10.2 Å². The number of rotatable bonds is 1. The van der Waals surface area contributed by atoms with E-state index in [4.69, 9.17) is 10.2 Å². The third kappa shape index (κ3) is 3.25. The lowest BCUT2D eigenvalue weighted by atomic mass is 11.5. The summed E-state index contributed by atoms with van der Waals surface area (Å²) >= 11 is 7.24. The van der Waals surface area contributed by atoms with Gasteiger partial charge in [-0.2, -0.15) is 0 Å². The van der Waals surface area contributed by atoms with Gasteiger partial charge < -0.3 is 10.2 Å². The molecule has 2 nitrogen and oxygen atoms in total. The first-order valence-corrected chi connectivity index (χ1v) is 4.89. The number of aliphatic hydroxyl groups is 2. The van der Waals surface area contributed by atoms with Crippen molar-refractivity contribution in [1.29, 1.82) is 0 Å². The van der Waals surface area contributed by atoms with Gasteiger partial charge in [0.1, 0.15) is 0 Å². The molecule has 0 saturated heterocycles. The maximum atomic E-state index is 8.06. The van der Waals surface area contributed by atoms with Gasteiger partial charge in [0.2, 0.25) is 0 Å². The van der Waals surface area contributed by atoms with Gasteiger partial charge in [0.25, 0.3) is 0 Å². The molecule has 0 bridgehead atoms. The fourth-order valence-corrected chi connectivity index (χ4v) is 0. The normalized spacial score (nSPS) is 11.0. The summed E-state index contributed by atoms with van der Waals surface area (Å²) in [5.74, 6) is 0. The molecule has 0 aliphatic heterocycles. The molecule has 6 heavy (non-hydrogen) atoms. The Balaban J connectivity index is 2.99. The number of hydrogen-bond donors (Lipinski definition) is 4. The molecule has 5 heteroatoms. The second kappa shape index (κ2) is 3.10. The lowest BCUT2D eigenvalue weighted by molar-refractivity contribution is 0.0381. The maximum Gasteiger partial charge on any atom is 0.189 e. The topological polar surface area (TPSA) is 40.5 Å². The van der Waals surface area contributed by atoms with Crippen LogP contribution in [0.15, 0.2) is 0 Å². The van der Waals surface area contributed by atoms with Gasteiger partial charge in [-0.1, -0.05) is 0 Å². The minimum atomic E-state index is -1.35. The quantitative estimate of drug-likeness (QED) is 0.245. The molecule has 0 saturated carbocycles. The highest BCUT2D eigenvalue weighted by Gasteiger charge is 2.02. The van der Waals surface area contributed by atoms with Gasteiger partial charge in [-0.15, -0.1) is 24.5 Å². The van der Waals surface area contributed by atoms with Crippen LogP contribution in [-0.2, 0) is 0 Å². The van der Waals surface area contributed by atoms with Crippen molar-refractivity contribution >= 4 is 30.8 Å². The SMILES string of the molecule is OC(O)P(S)S. The fourth-order valence-electron chi connectivity index (χ4n) is 0. The van der Waals surface area contributed by atoms with E-state index in [9.17, 15) is 0 Å². The first-order chi connectivity index (χ1) is 2.64. The first kappa shape index (κ1) is 7.05. The smallest absolute Gasteiger partial charge is 0.189 e. The highest BCUT2D eigenvalue weighted by molar-refractivity contribution is 8.78. The molecule has 0 aliphatic carbocycles. The molecule has 0 aromatic rings. The van der Waals surface area contributed by atoms with Crippen LogP contribution in [0.3, 0.4) is 0 Å². The molecular weight excluding hydrogens is 139 g/mol. The lowest BCUT2D eigenvalue weighted by Gasteiger charge is -2.01. The number of thiol groups is 2. The van der Waals surface area contributed by atoms with E-state index >= 15 is 0 Å². The molecule has 0 aromatic heterocycles. The molecule has 0 atom stereocenters. The zero-order chi connectivity index (χ0) is 5.15. The number of aliphatic hydroxyl groups excluding tert-OH is 1. The molecule has 2 N–H and O–H groups in total. The van der Waals surface area contributed by atoms with Gasteiger partial charge in [-0.25, -0.2) is 0 Å². The predicted molar refractivity (Wildman–Crippen MR) is 33.1 cm³/mol. The van der Waals surface area contributed by atoms with E-state index in [2.05, 4.69) is 24.5 Å². The Morgan fingerprint density at radius 1 is 1.33 bits per heavy atom. The summed E-state index contributed by atoms with van der Waals surface area (Å²) in [6.45, 7) is 0. The van der Waals surface area contributed by atoms with E-state index in [1.54, 1.807) is 0 Å². The van der Waals surface area contributed by atoms with E-state index in [0.717, 1.165) is 0 Å². The molecule has 0 unspecified atom stereocenters. The van der Waals surface area contributed by atoms with Crippen LogP contribution in [0.25, 0.3) is 0 Å². The van der Waals surface area contributed by atoms with Crippen LogP contribution in [0, 0.1) is 0 Å². The van der Waals surface area contributed by atoms with Gasteiger partial charge in [0.05, 0.1) is 6.33 Å². The average Bonchev–Trinajstić information content (AvgIpc) is 1.36. The Morgan fingerprint density at radius 3 is 1.50 bits per heavy atom. The van der Waals surface area contributed by atoms with Crippen LogP contribution in [0.5, 0.6) is 0 Å². The summed E-state index contributed by atoms with van der Waals surface area (Å²) in [4.78, 5) is 0. The molecule has 0 radical (unpaired) electrons. The van der Waals surface area contributed by atoms with E-state index in [1.807, 2.05) is 0 Å². The van der Waals surface area contributed by atoms with E-state index < -0.39 is 12.4 Å². The van der Waals surface area contributed by atoms with E-state index in [-0.39, 0.29) is 0 Å². The maximum absolute atomic E-state index is 8.06. The van der Waals surface area contributed by atoms with Crippen LogP contribution in [0.2, 0.25) is 0 Å². The highest BCUT2D eigenvalue weighted by atomic mass is 33.1. The Morgan fingerprint density at radius 2 is 1.50 bits per heavy atom. The van der Waals surface area contributed by atoms with Gasteiger partial charge in [-0.05, 0) is 0 Å². The average molecular weight is 144 g/mol. The van der Waals surface area contributed by atoms with Crippen molar-refractivity contribution in [2.45, 2.75) is 6.03 Å². The second-order valence-electron chi connectivity index (χ2n) is 0.667. The minimum Gasteiger partial charge on any atom is -0.363 e. The van der Waals surface area contributed by atoms with Crippen molar-refractivity contribution in [2.24, 2.45) is 0 Å². The van der Waals surface area contributed by atoms with Gasteiger partial charge in [0, 0.05) is 0 Å². The summed E-state index contributed by atoms with van der Waals surface area (Å²) in [5, 5.41) is 16.1. The highest BCUT2D eigenvalue weighted by Crippen LogP contribution is 2.47. The van der Waals surface area contributed by atoms with Gasteiger partial charge in [0.15, 0.2) is 6.03 Å². The van der Waals surface area contributed by atoms with Crippen LogP contribution in [0.4, 0.5) is 0 Å². The molecule has 38 valence electrons. The fraction of sp³-hybridized carbons (Fsp3) is 1.00. The molecule has 0 aromatic carbocycles. The van der Waals surface area contributed by atoms with E-state index in [0.29, 0.717) is 0 Å².